The van der Waals surface area contributed by atoms with Crippen molar-refractivity contribution >= 4 is 16.6 Å². The van der Waals surface area contributed by atoms with Crippen LogP contribution in [0.4, 0.5) is 5.69 Å². The Balaban J connectivity index is 2.01. The molecular weight excluding hydrogens is 302 g/mol. The second kappa shape index (κ2) is 5.91. The minimum Gasteiger partial charge on any atom is -0.291 e. The Morgan fingerprint density at radius 2 is 2.17 bits per heavy atom. The predicted octanol–water partition coefficient (Wildman–Crippen LogP) is 0.749. The monoisotopic (exact) mass is 315 g/mol. The van der Waals surface area contributed by atoms with E-state index in [9.17, 15) is 14.9 Å². The third-order valence-electron chi connectivity index (χ3n) is 3.37. The van der Waals surface area contributed by atoms with Crippen LogP contribution in [0.1, 0.15) is 19.2 Å². The summed E-state index contributed by atoms with van der Waals surface area (Å²) in [4.78, 5) is 26.9. The van der Waals surface area contributed by atoms with Crippen molar-refractivity contribution in [1.29, 1.82) is 0 Å². The maximum Gasteiger partial charge on any atom is 0.271 e. The van der Waals surface area contributed by atoms with Gasteiger partial charge in [-0.15, -0.1) is 5.10 Å². The van der Waals surface area contributed by atoms with Crippen molar-refractivity contribution in [3.05, 3.63) is 50.8 Å². The molecule has 0 saturated heterocycles. The van der Waals surface area contributed by atoms with Crippen LogP contribution in [-0.4, -0.2) is 34.7 Å². The minimum absolute atomic E-state index is 0.103. The van der Waals surface area contributed by atoms with Crippen LogP contribution in [-0.2, 0) is 13.1 Å². The molecule has 2 aromatic heterocycles. The third-order valence-corrected chi connectivity index (χ3v) is 3.37. The van der Waals surface area contributed by atoms with Gasteiger partial charge in [0.2, 0.25) is 0 Å². The molecule has 0 N–H and O–H groups in total. The topological polar surface area (TPSA) is 122 Å². The molecule has 0 saturated carbocycles. The average Bonchev–Trinajstić information content (AvgIpc) is 2.97. The molecule has 3 rings (SSSR count). The van der Waals surface area contributed by atoms with E-state index in [1.54, 1.807) is 4.68 Å². The molecule has 0 aliphatic rings. The Kier molecular flexibility index (Phi) is 3.79. The van der Waals surface area contributed by atoms with E-state index >= 15 is 0 Å². The van der Waals surface area contributed by atoms with Crippen molar-refractivity contribution in [2.75, 3.05) is 0 Å². The second-order valence-electron chi connectivity index (χ2n) is 4.95. The first-order valence-electron chi connectivity index (χ1n) is 6.98. The van der Waals surface area contributed by atoms with Gasteiger partial charge >= 0.3 is 0 Å². The number of tetrazole rings is 1. The van der Waals surface area contributed by atoms with Gasteiger partial charge in [-0.1, -0.05) is 6.92 Å². The van der Waals surface area contributed by atoms with Gasteiger partial charge in [0.25, 0.3) is 11.2 Å². The van der Waals surface area contributed by atoms with Gasteiger partial charge in [-0.05, 0) is 22.9 Å². The van der Waals surface area contributed by atoms with E-state index in [2.05, 4.69) is 20.5 Å². The van der Waals surface area contributed by atoms with Crippen LogP contribution in [0.5, 0.6) is 0 Å². The van der Waals surface area contributed by atoms with Crippen LogP contribution in [0.15, 0.2) is 29.3 Å². The fourth-order valence-electron chi connectivity index (χ4n) is 2.25. The largest absolute Gasteiger partial charge is 0.291 e. The van der Waals surface area contributed by atoms with Crippen molar-refractivity contribution in [2.24, 2.45) is 0 Å². The van der Waals surface area contributed by atoms with Crippen molar-refractivity contribution in [3.63, 3.8) is 0 Å². The fraction of sp³-hybridized carbons (Fsp3) is 0.308. The van der Waals surface area contributed by atoms with E-state index in [1.807, 2.05) is 6.92 Å². The summed E-state index contributed by atoms with van der Waals surface area (Å²) in [6, 6.07) is 3.98. The summed E-state index contributed by atoms with van der Waals surface area (Å²) in [5.74, 6) is 0.553. The number of fused-ring (bicyclic) bond motifs is 1. The van der Waals surface area contributed by atoms with Gasteiger partial charge in [-0.25, -0.2) is 9.67 Å². The lowest BCUT2D eigenvalue weighted by atomic mass is 10.2. The molecule has 0 atom stereocenters. The molecule has 0 fully saturated rings. The molecule has 1 aromatic carbocycles. The minimum atomic E-state index is -0.522. The number of benzene rings is 1. The van der Waals surface area contributed by atoms with Crippen LogP contribution in [0, 0.1) is 10.1 Å². The Bertz CT molecular complexity index is 931. The Morgan fingerprint density at radius 3 is 2.91 bits per heavy atom. The number of hydrogen-bond donors (Lipinski definition) is 0. The predicted molar refractivity (Wildman–Crippen MR) is 79.9 cm³/mol. The van der Waals surface area contributed by atoms with Crippen molar-refractivity contribution < 1.29 is 4.92 Å². The average molecular weight is 315 g/mol. The zero-order chi connectivity index (χ0) is 16.4. The van der Waals surface area contributed by atoms with E-state index in [0.29, 0.717) is 17.8 Å². The maximum absolute atomic E-state index is 12.5. The molecule has 0 radical (unpaired) electrons. The number of nitrogens with zero attached hydrogens (tertiary/aromatic N) is 7. The lowest BCUT2D eigenvalue weighted by Crippen LogP contribution is -2.23. The fourth-order valence-corrected chi connectivity index (χ4v) is 2.25. The lowest BCUT2D eigenvalue weighted by molar-refractivity contribution is -0.384. The summed E-state index contributed by atoms with van der Waals surface area (Å²) in [5.41, 5.74) is -0.112. The molecule has 2 heterocycles. The molecule has 0 aliphatic carbocycles. The molecule has 0 bridgehead atoms. The first-order valence-corrected chi connectivity index (χ1v) is 6.98. The van der Waals surface area contributed by atoms with Crippen molar-refractivity contribution in [2.45, 2.75) is 26.4 Å². The Morgan fingerprint density at radius 1 is 1.35 bits per heavy atom. The van der Waals surface area contributed by atoms with E-state index in [-0.39, 0.29) is 23.3 Å². The number of aromatic nitrogens is 6. The molecule has 0 unspecified atom stereocenters. The third kappa shape index (κ3) is 2.78. The zero-order valence-electron chi connectivity index (χ0n) is 12.3. The quantitative estimate of drug-likeness (QED) is 0.503. The number of rotatable bonds is 5. The van der Waals surface area contributed by atoms with Gasteiger partial charge in [0.1, 0.15) is 0 Å². The van der Waals surface area contributed by atoms with Crippen molar-refractivity contribution in [3.8, 4) is 0 Å². The molecule has 0 spiro atoms. The molecular formula is C13H13N7O3. The normalized spacial score (nSPS) is 11.0. The highest BCUT2D eigenvalue weighted by atomic mass is 16.6. The summed E-state index contributed by atoms with van der Waals surface area (Å²) in [6.45, 7) is 2.85. The number of non-ortho nitro benzene ring substituents is 1. The number of aryl methyl sites for hydroxylation is 1. The summed E-state index contributed by atoms with van der Waals surface area (Å²) >= 11 is 0. The van der Waals surface area contributed by atoms with Gasteiger partial charge in [0.05, 0.1) is 28.7 Å². The van der Waals surface area contributed by atoms with Crippen LogP contribution in [0.25, 0.3) is 10.9 Å². The maximum atomic E-state index is 12.5. The number of nitro groups is 1. The number of nitro benzene ring substituents is 1. The molecule has 0 amide bonds. The van der Waals surface area contributed by atoms with Gasteiger partial charge in [0, 0.05) is 18.7 Å². The molecule has 3 aromatic rings. The molecule has 10 nitrogen and oxygen atoms in total. The Labute approximate surface area is 129 Å². The summed E-state index contributed by atoms with van der Waals surface area (Å²) < 4.78 is 3.01. The van der Waals surface area contributed by atoms with Gasteiger partial charge < -0.3 is 0 Å². The van der Waals surface area contributed by atoms with Crippen LogP contribution in [0.2, 0.25) is 0 Å². The van der Waals surface area contributed by atoms with Gasteiger partial charge in [0.15, 0.2) is 5.82 Å². The first kappa shape index (κ1) is 14.8. The first-order chi connectivity index (χ1) is 11.1. The highest BCUT2D eigenvalue weighted by Gasteiger charge is 2.12. The molecule has 10 heteroatoms. The smallest absolute Gasteiger partial charge is 0.271 e. The summed E-state index contributed by atoms with van der Waals surface area (Å²) in [6.07, 6.45) is 2.21. The van der Waals surface area contributed by atoms with E-state index in [0.717, 1.165) is 6.42 Å². The second-order valence-corrected chi connectivity index (χ2v) is 4.95. The summed E-state index contributed by atoms with van der Waals surface area (Å²) in [5, 5.41) is 22.5. The number of hydrogen-bond acceptors (Lipinski definition) is 7. The van der Waals surface area contributed by atoms with Crippen LogP contribution in [0.3, 0.4) is 0 Å². The highest BCUT2D eigenvalue weighted by molar-refractivity contribution is 5.79. The van der Waals surface area contributed by atoms with E-state index < -0.39 is 4.92 Å². The zero-order valence-corrected chi connectivity index (χ0v) is 12.3. The van der Waals surface area contributed by atoms with Gasteiger partial charge in [-0.2, -0.15) is 0 Å². The van der Waals surface area contributed by atoms with Gasteiger partial charge in [-0.3, -0.25) is 19.5 Å². The van der Waals surface area contributed by atoms with E-state index in [4.69, 9.17) is 0 Å². The van der Waals surface area contributed by atoms with Crippen LogP contribution >= 0.6 is 0 Å². The highest BCUT2D eigenvalue weighted by Crippen LogP contribution is 2.16. The Hall–Kier alpha value is -3.17. The lowest BCUT2D eigenvalue weighted by Gasteiger charge is -2.06. The molecule has 118 valence electrons. The molecule has 0 aliphatic heterocycles. The van der Waals surface area contributed by atoms with Crippen molar-refractivity contribution in [1.82, 2.24) is 29.8 Å². The SMILES string of the molecule is CCCn1nnnc1Cn1cnc2cc([N+](=O)[O-])ccc2c1=O. The van der Waals surface area contributed by atoms with E-state index in [1.165, 1.54) is 29.1 Å². The van der Waals surface area contributed by atoms with Crippen LogP contribution < -0.4 is 5.56 Å². The molecule has 23 heavy (non-hydrogen) atoms. The standard InChI is InChI=1S/C13H13N7O3/c1-2-5-19-12(15-16-17-19)7-18-8-14-11-6-9(20(22)23)3-4-10(11)13(18)21/h3-4,6,8H,2,5,7H2,1H3. The summed E-state index contributed by atoms with van der Waals surface area (Å²) in [7, 11) is 0.